The molecule has 0 saturated heterocycles. The minimum Gasteiger partial charge on any atom is -0.474 e. The van der Waals surface area contributed by atoms with Crippen molar-refractivity contribution in [3.05, 3.63) is 41.1 Å². The molecule has 0 fully saturated rings. The van der Waals surface area contributed by atoms with Crippen molar-refractivity contribution in [1.82, 2.24) is 15.2 Å². The van der Waals surface area contributed by atoms with E-state index in [2.05, 4.69) is 10.3 Å². The highest BCUT2D eigenvalue weighted by molar-refractivity contribution is 6.31. The molecule has 1 atom stereocenters. The fourth-order valence-electron chi connectivity index (χ4n) is 1.87. The second-order valence-corrected chi connectivity index (χ2v) is 4.40. The molecular formula is C12H15ClN4O2. The van der Waals surface area contributed by atoms with E-state index in [1.54, 1.807) is 18.3 Å². The van der Waals surface area contributed by atoms with E-state index in [0.29, 0.717) is 36.8 Å². The van der Waals surface area contributed by atoms with E-state index in [1.807, 2.05) is 4.90 Å². The lowest BCUT2D eigenvalue weighted by molar-refractivity contribution is -0.109. The normalized spacial score (nSPS) is 17.9. The Bertz CT molecular complexity index is 481. The van der Waals surface area contributed by atoms with Gasteiger partial charge in [0, 0.05) is 12.6 Å². The summed E-state index contributed by atoms with van der Waals surface area (Å²) in [7, 11) is 0. The van der Waals surface area contributed by atoms with Gasteiger partial charge in [-0.1, -0.05) is 11.6 Å². The van der Waals surface area contributed by atoms with Crippen LogP contribution in [0.1, 0.15) is 12.1 Å². The van der Waals surface area contributed by atoms with E-state index in [1.165, 1.54) is 6.26 Å². The SMILES string of the molecule is NCCC1OC=C(NC=O)N1Cc1ncccc1Cl. The van der Waals surface area contributed by atoms with Crippen molar-refractivity contribution in [2.24, 2.45) is 5.73 Å². The van der Waals surface area contributed by atoms with Gasteiger partial charge in [-0.25, -0.2) is 0 Å². The van der Waals surface area contributed by atoms with Gasteiger partial charge in [0.2, 0.25) is 6.41 Å². The van der Waals surface area contributed by atoms with Gasteiger partial charge in [0.1, 0.15) is 12.1 Å². The molecule has 3 N–H and O–H groups in total. The molecule has 1 aromatic heterocycles. The zero-order valence-corrected chi connectivity index (χ0v) is 11.0. The van der Waals surface area contributed by atoms with E-state index in [9.17, 15) is 4.79 Å². The number of hydrogen-bond donors (Lipinski definition) is 2. The summed E-state index contributed by atoms with van der Waals surface area (Å²) in [4.78, 5) is 16.7. The monoisotopic (exact) mass is 282 g/mol. The van der Waals surface area contributed by atoms with E-state index in [-0.39, 0.29) is 6.23 Å². The van der Waals surface area contributed by atoms with Crippen LogP contribution in [0.4, 0.5) is 0 Å². The number of nitrogens with zero attached hydrogens (tertiary/aromatic N) is 2. The van der Waals surface area contributed by atoms with Crippen LogP contribution in [0.2, 0.25) is 5.02 Å². The highest BCUT2D eigenvalue weighted by Crippen LogP contribution is 2.24. The Hall–Kier alpha value is -1.79. The molecule has 7 heteroatoms. The number of hydrogen-bond acceptors (Lipinski definition) is 5. The lowest BCUT2D eigenvalue weighted by Gasteiger charge is -2.26. The van der Waals surface area contributed by atoms with Crippen LogP contribution < -0.4 is 11.1 Å². The molecule has 1 aliphatic rings. The van der Waals surface area contributed by atoms with Crippen molar-refractivity contribution < 1.29 is 9.53 Å². The standard InChI is InChI=1S/C12H15ClN4O2/c13-9-2-1-5-15-10(9)6-17-11(16-8-18)7-19-12(17)3-4-14/h1-2,5,7-8,12H,3-4,6,14H2,(H,16,18). The summed E-state index contributed by atoms with van der Waals surface area (Å²) in [5.41, 5.74) is 6.27. The third kappa shape index (κ3) is 3.15. The summed E-state index contributed by atoms with van der Waals surface area (Å²) in [6.45, 7) is 0.927. The Kier molecular flexibility index (Phi) is 4.59. The van der Waals surface area contributed by atoms with Gasteiger partial charge in [-0.2, -0.15) is 0 Å². The van der Waals surface area contributed by atoms with Crippen LogP contribution in [0.5, 0.6) is 0 Å². The van der Waals surface area contributed by atoms with E-state index in [0.717, 1.165) is 5.69 Å². The van der Waals surface area contributed by atoms with Crippen LogP contribution in [0.25, 0.3) is 0 Å². The van der Waals surface area contributed by atoms with Crippen molar-refractivity contribution in [1.29, 1.82) is 0 Å². The molecular weight excluding hydrogens is 268 g/mol. The zero-order chi connectivity index (χ0) is 13.7. The summed E-state index contributed by atoms with van der Waals surface area (Å²) in [6, 6.07) is 3.54. The Morgan fingerprint density at radius 1 is 1.63 bits per heavy atom. The van der Waals surface area contributed by atoms with Gasteiger partial charge in [-0.15, -0.1) is 0 Å². The van der Waals surface area contributed by atoms with Gasteiger partial charge in [0.15, 0.2) is 6.23 Å². The van der Waals surface area contributed by atoms with Crippen LogP contribution in [0.3, 0.4) is 0 Å². The fourth-order valence-corrected chi connectivity index (χ4v) is 2.05. The minimum atomic E-state index is -0.217. The molecule has 2 rings (SSSR count). The molecule has 1 amide bonds. The van der Waals surface area contributed by atoms with Crippen molar-refractivity contribution >= 4 is 18.0 Å². The maximum atomic E-state index is 10.6. The molecule has 102 valence electrons. The summed E-state index contributed by atoms with van der Waals surface area (Å²) < 4.78 is 5.47. The molecule has 19 heavy (non-hydrogen) atoms. The number of pyridine rings is 1. The number of aromatic nitrogens is 1. The van der Waals surface area contributed by atoms with Gasteiger partial charge in [-0.3, -0.25) is 9.78 Å². The van der Waals surface area contributed by atoms with Gasteiger partial charge in [-0.05, 0) is 18.7 Å². The van der Waals surface area contributed by atoms with Crippen molar-refractivity contribution in [3.63, 3.8) is 0 Å². The molecule has 0 aliphatic carbocycles. The van der Waals surface area contributed by atoms with E-state index in [4.69, 9.17) is 22.1 Å². The number of halogens is 1. The van der Waals surface area contributed by atoms with E-state index >= 15 is 0 Å². The van der Waals surface area contributed by atoms with Gasteiger partial charge < -0.3 is 20.7 Å². The Balaban J connectivity index is 2.15. The predicted molar refractivity (Wildman–Crippen MR) is 70.6 cm³/mol. The lowest BCUT2D eigenvalue weighted by Crippen LogP contribution is -2.36. The van der Waals surface area contributed by atoms with Gasteiger partial charge in [0.25, 0.3) is 0 Å². The highest BCUT2D eigenvalue weighted by Gasteiger charge is 2.28. The first kappa shape index (κ1) is 13.6. The maximum Gasteiger partial charge on any atom is 0.212 e. The number of amides is 1. The topological polar surface area (TPSA) is 80.5 Å². The van der Waals surface area contributed by atoms with Crippen LogP contribution in [0.15, 0.2) is 30.4 Å². The Morgan fingerprint density at radius 2 is 2.47 bits per heavy atom. The second-order valence-electron chi connectivity index (χ2n) is 3.99. The first-order valence-corrected chi connectivity index (χ1v) is 6.26. The predicted octanol–water partition coefficient (Wildman–Crippen LogP) is 0.787. The third-order valence-corrected chi connectivity index (χ3v) is 3.11. The molecule has 0 saturated carbocycles. The number of ether oxygens (including phenoxy) is 1. The van der Waals surface area contributed by atoms with Crippen molar-refractivity contribution in [2.75, 3.05) is 6.54 Å². The third-order valence-electron chi connectivity index (χ3n) is 2.77. The zero-order valence-electron chi connectivity index (χ0n) is 10.3. The molecule has 0 aromatic carbocycles. The highest BCUT2D eigenvalue weighted by atomic mass is 35.5. The Labute approximate surface area is 116 Å². The molecule has 1 aliphatic heterocycles. The quantitative estimate of drug-likeness (QED) is 0.754. The minimum absolute atomic E-state index is 0.217. The van der Waals surface area contributed by atoms with Crippen LogP contribution in [-0.4, -0.2) is 29.1 Å². The maximum absolute atomic E-state index is 10.6. The first-order valence-electron chi connectivity index (χ1n) is 5.88. The molecule has 1 unspecified atom stereocenters. The summed E-state index contributed by atoms with van der Waals surface area (Å²) in [5.74, 6) is 0.579. The number of nitrogens with one attached hydrogen (secondary N) is 1. The summed E-state index contributed by atoms with van der Waals surface area (Å²) >= 11 is 6.09. The average Bonchev–Trinajstić information content (AvgIpc) is 2.76. The fraction of sp³-hybridized carbons (Fsp3) is 0.333. The van der Waals surface area contributed by atoms with Crippen molar-refractivity contribution in [2.45, 2.75) is 19.2 Å². The number of carbonyl (C=O) groups is 1. The average molecular weight is 283 g/mol. The van der Waals surface area contributed by atoms with Crippen LogP contribution >= 0.6 is 11.6 Å². The van der Waals surface area contributed by atoms with Crippen molar-refractivity contribution in [3.8, 4) is 0 Å². The van der Waals surface area contributed by atoms with Gasteiger partial charge in [0.05, 0.1) is 17.3 Å². The summed E-state index contributed by atoms with van der Waals surface area (Å²) in [6.07, 6.45) is 4.21. The molecule has 0 radical (unpaired) electrons. The van der Waals surface area contributed by atoms with Crippen LogP contribution in [0, 0.1) is 0 Å². The number of carbonyl (C=O) groups excluding carboxylic acids is 1. The lowest BCUT2D eigenvalue weighted by atomic mass is 10.3. The molecule has 2 heterocycles. The van der Waals surface area contributed by atoms with E-state index < -0.39 is 0 Å². The number of rotatable bonds is 6. The molecule has 6 nitrogen and oxygen atoms in total. The molecule has 0 bridgehead atoms. The summed E-state index contributed by atoms with van der Waals surface area (Å²) in [5, 5.41) is 3.17. The molecule has 0 spiro atoms. The Morgan fingerprint density at radius 3 is 3.16 bits per heavy atom. The largest absolute Gasteiger partial charge is 0.474 e. The smallest absolute Gasteiger partial charge is 0.212 e. The van der Waals surface area contributed by atoms with Gasteiger partial charge >= 0.3 is 0 Å². The first-order chi connectivity index (χ1) is 9.26. The molecule has 1 aromatic rings. The number of nitrogens with two attached hydrogens (primary N) is 1. The second kappa shape index (κ2) is 6.40. The van der Waals surface area contributed by atoms with Crippen LogP contribution in [-0.2, 0) is 16.1 Å².